The molecular weight excluding hydrogens is 198 g/mol. The first-order valence-corrected chi connectivity index (χ1v) is 5.88. The van der Waals surface area contributed by atoms with E-state index in [4.69, 9.17) is 10.5 Å². The topological polar surface area (TPSA) is 35.2 Å². The molecule has 2 N–H and O–H groups in total. The van der Waals surface area contributed by atoms with E-state index in [-0.39, 0.29) is 11.6 Å². The lowest BCUT2D eigenvalue weighted by molar-refractivity contribution is -0.0184. The SMILES string of the molecule is CCC(C)(OC)C(N)Cc1cccc(C)c1. The second-order valence-electron chi connectivity index (χ2n) is 4.67. The van der Waals surface area contributed by atoms with Crippen LogP contribution in [-0.4, -0.2) is 18.8 Å². The molecule has 0 aliphatic rings. The number of methoxy groups -OCH3 is 1. The molecule has 0 aliphatic carbocycles. The zero-order valence-electron chi connectivity index (χ0n) is 10.8. The van der Waals surface area contributed by atoms with Gasteiger partial charge in [0.25, 0.3) is 0 Å². The van der Waals surface area contributed by atoms with Crippen LogP contribution in [0.4, 0.5) is 0 Å². The monoisotopic (exact) mass is 221 g/mol. The molecule has 16 heavy (non-hydrogen) atoms. The van der Waals surface area contributed by atoms with Crippen molar-refractivity contribution < 1.29 is 4.74 Å². The van der Waals surface area contributed by atoms with Gasteiger partial charge >= 0.3 is 0 Å². The van der Waals surface area contributed by atoms with E-state index in [1.807, 2.05) is 0 Å². The molecule has 0 fully saturated rings. The molecule has 1 aromatic rings. The van der Waals surface area contributed by atoms with Gasteiger partial charge in [-0.3, -0.25) is 0 Å². The molecule has 0 spiro atoms. The van der Waals surface area contributed by atoms with Crippen LogP contribution in [-0.2, 0) is 11.2 Å². The fourth-order valence-corrected chi connectivity index (χ4v) is 1.87. The third-order valence-corrected chi connectivity index (χ3v) is 3.49. The van der Waals surface area contributed by atoms with Crippen LogP contribution in [0.25, 0.3) is 0 Å². The molecular formula is C14H23NO. The minimum atomic E-state index is -0.232. The van der Waals surface area contributed by atoms with Crippen molar-refractivity contribution in [3.63, 3.8) is 0 Å². The molecule has 0 amide bonds. The Hall–Kier alpha value is -0.860. The molecule has 0 aromatic heterocycles. The number of benzene rings is 1. The maximum absolute atomic E-state index is 6.23. The molecule has 2 heteroatoms. The van der Waals surface area contributed by atoms with Crippen molar-refractivity contribution in [3.05, 3.63) is 35.4 Å². The standard InChI is InChI=1S/C14H23NO/c1-5-14(3,16-4)13(15)10-12-8-6-7-11(2)9-12/h6-9,13H,5,10,15H2,1-4H3. The predicted molar refractivity (Wildman–Crippen MR) is 68.6 cm³/mol. The molecule has 2 unspecified atom stereocenters. The summed E-state index contributed by atoms with van der Waals surface area (Å²) in [6.45, 7) is 6.29. The van der Waals surface area contributed by atoms with Crippen LogP contribution in [0.1, 0.15) is 31.4 Å². The minimum absolute atomic E-state index is 0.0318. The normalized spacial score (nSPS) is 16.8. The van der Waals surface area contributed by atoms with Gasteiger partial charge in [-0.05, 0) is 32.3 Å². The molecule has 2 atom stereocenters. The molecule has 2 nitrogen and oxygen atoms in total. The summed E-state index contributed by atoms with van der Waals surface area (Å²) < 4.78 is 5.53. The summed E-state index contributed by atoms with van der Waals surface area (Å²) in [4.78, 5) is 0. The number of hydrogen-bond donors (Lipinski definition) is 1. The third kappa shape index (κ3) is 3.06. The predicted octanol–water partition coefficient (Wildman–Crippen LogP) is 2.68. The highest BCUT2D eigenvalue weighted by Crippen LogP contribution is 2.21. The van der Waals surface area contributed by atoms with Crippen molar-refractivity contribution in [1.82, 2.24) is 0 Å². The van der Waals surface area contributed by atoms with E-state index in [0.29, 0.717) is 0 Å². The van der Waals surface area contributed by atoms with Gasteiger partial charge in [0.15, 0.2) is 0 Å². The summed E-state index contributed by atoms with van der Waals surface area (Å²) in [6.07, 6.45) is 1.79. The molecule has 0 bridgehead atoms. The van der Waals surface area contributed by atoms with Crippen LogP contribution < -0.4 is 5.73 Å². The Bertz CT molecular complexity index is 331. The molecule has 0 heterocycles. The van der Waals surface area contributed by atoms with Crippen LogP contribution in [0.15, 0.2) is 24.3 Å². The van der Waals surface area contributed by atoms with Crippen LogP contribution in [0.2, 0.25) is 0 Å². The van der Waals surface area contributed by atoms with E-state index in [1.54, 1.807) is 7.11 Å². The van der Waals surface area contributed by atoms with Crippen LogP contribution >= 0.6 is 0 Å². The van der Waals surface area contributed by atoms with E-state index < -0.39 is 0 Å². The summed E-state index contributed by atoms with van der Waals surface area (Å²) in [5.74, 6) is 0. The molecule has 90 valence electrons. The summed E-state index contributed by atoms with van der Waals surface area (Å²) in [5, 5.41) is 0. The Balaban J connectivity index is 2.74. The highest BCUT2D eigenvalue weighted by atomic mass is 16.5. The molecule has 0 saturated heterocycles. The lowest BCUT2D eigenvalue weighted by atomic mass is 9.89. The van der Waals surface area contributed by atoms with Crippen molar-refractivity contribution in [2.45, 2.75) is 45.3 Å². The summed E-state index contributed by atoms with van der Waals surface area (Å²) >= 11 is 0. The van der Waals surface area contributed by atoms with Crippen molar-refractivity contribution in [1.29, 1.82) is 0 Å². The smallest absolute Gasteiger partial charge is 0.0801 e. The maximum Gasteiger partial charge on any atom is 0.0801 e. The van der Waals surface area contributed by atoms with Crippen molar-refractivity contribution in [2.24, 2.45) is 5.73 Å². The zero-order valence-corrected chi connectivity index (χ0v) is 10.8. The first-order chi connectivity index (χ1) is 7.51. The zero-order chi connectivity index (χ0) is 12.2. The maximum atomic E-state index is 6.23. The average molecular weight is 221 g/mol. The van der Waals surface area contributed by atoms with Crippen molar-refractivity contribution in [2.75, 3.05) is 7.11 Å². The first kappa shape index (κ1) is 13.2. The molecule has 0 saturated carbocycles. The number of hydrogen-bond acceptors (Lipinski definition) is 2. The largest absolute Gasteiger partial charge is 0.377 e. The van der Waals surface area contributed by atoms with Crippen LogP contribution in [0.5, 0.6) is 0 Å². The Kier molecular flexibility index (Phi) is 4.51. The van der Waals surface area contributed by atoms with Gasteiger partial charge in [0.2, 0.25) is 0 Å². The second-order valence-corrected chi connectivity index (χ2v) is 4.67. The fraction of sp³-hybridized carbons (Fsp3) is 0.571. The Labute approximate surface area is 98.8 Å². The average Bonchev–Trinajstić information content (AvgIpc) is 2.28. The van der Waals surface area contributed by atoms with Gasteiger partial charge in [-0.25, -0.2) is 0 Å². The Morgan fingerprint density at radius 3 is 2.62 bits per heavy atom. The minimum Gasteiger partial charge on any atom is -0.377 e. The van der Waals surface area contributed by atoms with E-state index in [2.05, 4.69) is 45.0 Å². The molecule has 0 radical (unpaired) electrons. The van der Waals surface area contributed by atoms with Gasteiger partial charge < -0.3 is 10.5 Å². The van der Waals surface area contributed by atoms with E-state index in [1.165, 1.54) is 11.1 Å². The van der Waals surface area contributed by atoms with E-state index in [9.17, 15) is 0 Å². The van der Waals surface area contributed by atoms with Crippen molar-refractivity contribution >= 4 is 0 Å². The number of rotatable bonds is 5. The first-order valence-electron chi connectivity index (χ1n) is 5.88. The fourth-order valence-electron chi connectivity index (χ4n) is 1.87. The van der Waals surface area contributed by atoms with E-state index >= 15 is 0 Å². The molecule has 0 aliphatic heterocycles. The summed E-state index contributed by atoms with van der Waals surface area (Å²) in [5.41, 5.74) is 8.56. The number of ether oxygens (including phenoxy) is 1. The third-order valence-electron chi connectivity index (χ3n) is 3.49. The van der Waals surface area contributed by atoms with Crippen molar-refractivity contribution in [3.8, 4) is 0 Å². The Morgan fingerprint density at radius 1 is 1.44 bits per heavy atom. The number of aryl methyl sites for hydroxylation is 1. The lowest BCUT2D eigenvalue weighted by Crippen LogP contribution is -2.48. The van der Waals surface area contributed by atoms with Gasteiger partial charge in [0, 0.05) is 13.2 Å². The van der Waals surface area contributed by atoms with Gasteiger partial charge in [-0.15, -0.1) is 0 Å². The Morgan fingerprint density at radius 2 is 2.12 bits per heavy atom. The second kappa shape index (κ2) is 5.46. The highest BCUT2D eigenvalue weighted by molar-refractivity contribution is 5.23. The van der Waals surface area contributed by atoms with E-state index in [0.717, 1.165) is 12.8 Å². The van der Waals surface area contributed by atoms with Gasteiger partial charge in [-0.2, -0.15) is 0 Å². The molecule has 1 rings (SSSR count). The summed E-state index contributed by atoms with van der Waals surface area (Å²) in [7, 11) is 1.74. The van der Waals surface area contributed by atoms with Gasteiger partial charge in [0.05, 0.1) is 5.60 Å². The number of nitrogens with two attached hydrogens (primary N) is 1. The van der Waals surface area contributed by atoms with Crippen LogP contribution in [0, 0.1) is 6.92 Å². The lowest BCUT2D eigenvalue weighted by Gasteiger charge is -2.33. The highest BCUT2D eigenvalue weighted by Gasteiger charge is 2.29. The van der Waals surface area contributed by atoms with Gasteiger partial charge in [-0.1, -0.05) is 36.8 Å². The summed E-state index contributed by atoms with van der Waals surface area (Å²) in [6, 6.07) is 8.52. The quantitative estimate of drug-likeness (QED) is 0.829. The van der Waals surface area contributed by atoms with Crippen LogP contribution in [0.3, 0.4) is 0 Å². The van der Waals surface area contributed by atoms with Gasteiger partial charge in [0.1, 0.15) is 0 Å². The molecule has 1 aromatic carbocycles.